The maximum atomic E-state index is 13.1. The van der Waals surface area contributed by atoms with Crippen LogP contribution < -0.4 is 4.72 Å². The normalized spacial score (nSPS) is 18.5. The molecular weight excluding hydrogens is 350 g/mol. The first-order valence-corrected chi connectivity index (χ1v) is 10.3. The van der Waals surface area contributed by atoms with Gasteiger partial charge in [0.1, 0.15) is 0 Å². The molecule has 0 aliphatic carbocycles. The topological polar surface area (TPSA) is 69.7 Å². The van der Waals surface area contributed by atoms with E-state index in [-0.39, 0.29) is 11.9 Å². The van der Waals surface area contributed by atoms with Gasteiger partial charge in [0.25, 0.3) is 5.91 Å². The summed E-state index contributed by atoms with van der Waals surface area (Å²) < 4.78 is 25.0. The van der Waals surface area contributed by atoms with Crippen molar-refractivity contribution in [2.45, 2.75) is 6.04 Å². The van der Waals surface area contributed by atoms with Gasteiger partial charge in [-0.15, -0.1) is 0 Å². The number of anilines is 1. The Labute approximate surface area is 154 Å². The fraction of sp³-hybridized carbons (Fsp3) is 0.316. The largest absolute Gasteiger partial charge is 0.329 e. The van der Waals surface area contributed by atoms with Crippen LogP contribution in [0, 0.1) is 0 Å². The highest BCUT2D eigenvalue weighted by Crippen LogP contribution is 2.27. The lowest BCUT2D eigenvalue weighted by atomic mass is 10.0. The van der Waals surface area contributed by atoms with E-state index in [1.165, 1.54) is 0 Å². The third-order valence-electron chi connectivity index (χ3n) is 4.46. The summed E-state index contributed by atoms with van der Waals surface area (Å²) in [7, 11) is -1.27. The maximum Gasteiger partial charge on any atom is 0.254 e. The van der Waals surface area contributed by atoms with E-state index in [1.807, 2.05) is 35.2 Å². The van der Waals surface area contributed by atoms with E-state index in [2.05, 4.69) is 16.7 Å². The minimum absolute atomic E-state index is 0.00345. The Morgan fingerprint density at radius 3 is 2.31 bits per heavy atom. The number of carbonyl (C=O) groups excluding carboxylic acids is 1. The van der Waals surface area contributed by atoms with Gasteiger partial charge >= 0.3 is 0 Å². The summed E-state index contributed by atoms with van der Waals surface area (Å²) in [5.41, 5.74) is 2.11. The monoisotopic (exact) mass is 373 g/mol. The van der Waals surface area contributed by atoms with E-state index in [1.54, 1.807) is 24.3 Å². The van der Waals surface area contributed by atoms with Crippen molar-refractivity contribution in [1.82, 2.24) is 9.80 Å². The van der Waals surface area contributed by atoms with Gasteiger partial charge in [0, 0.05) is 30.9 Å². The first-order chi connectivity index (χ1) is 12.3. The van der Waals surface area contributed by atoms with Crippen LogP contribution in [-0.2, 0) is 10.0 Å². The van der Waals surface area contributed by atoms with E-state index in [4.69, 9.17) is 0 Å². The molecule has 0 bridgehead atoms. The molecule has 3 rings (SSSR count). The number of likely N-dealkylation sites (N-methyl/N-ethyl adjacent to an activating group) is 1. The number of rotatable bonds is 4. The van der Waals surface area contributed by atoms with Crippen LogP contribution in [0.25, 0.3) is 0 Å². The summed E-state index contributed by atoms with van der Waals surface area (Å²) in [6.07, 6.45) is 1.10. The molecule has 0 aromatic heterocycles. The number of hydrogen-bond donors (Lipinski definition) is 1. The van der Waals surface area contributed by atoms with E-state index in [9.17, 15) is 13.2 Å². The SMILES string of the molecule is CN1CCN(C(=O)c2ccc(NS(C)(=O)=O)cc2)C(c2ccccc2)C1. The molecule has 1 atom stereocenters. The van der Waals surface area contributed by atoms with E-state index >= 15 is 0 Å². The molecule has 6 nitrogen and oxygen atoms in total. The molecular formula is C19H23N3O3S. The second-order valence-corrected chi connectivity index (χ2v) is 8.39. The van der Waals surface area contributed by atoms with Gasteiger partial charge in [-0.3, -0.25) is 9.52 Å². The molecule has 1 unspecified atom stereocenters. The lowest BCUT2D eigenvalue weighted by Gasteiger charge is -2.40. The average molecular weight is 373 g/mol. The fourth-order valence-corrected chi connectivity index (χ4v) is 3.75. The molecule has 2 aromatic carbocycles. The van der Waals surface area contributed by atoms with Crippen LogP contribution in [0.3, 0.4) is 0 Å². The Hall–Kier alpha value is -2.38. The van der Waals surface area contributed by atoms with Gasteiger partial charge in [0.05, 0.1) is 12.3 Å². The molecule has 2 aromatic rings. The first-order valence-electron chi connectivity index (χ1n) is 8.46. The molecule has 0 spiro atoms. The Kier molecular flexibility index (Phi) is 5.29. The first kappa shape index (κ1) is 18.4. The zero-order valence-electron chi connectivity index (χ0n) is 14.9. The zero-order valence-corrected chi connectivity index (χ0v) is 15.7. The third-order valence-corrected chi connectivity index (χ3v) is 5.07. The molecule has 1 amide bonds. The second kappa shape index (κ2) is 7.47. The molecule has 0 radical (unpaired) electrons. The standard InChI is InChI=1S/C19H23N3O3S/c1-21-12-13-22(18(14-21)15-6-4-3-5-7-15)19(23)16-8-10-17(11-9-16)20-26(2,24)25/h3-11,18,20H,12-14H2,1-2H3. The van der Waals surface area contributed by atoms with E-state index in [0.29, 0.717) is 17.8 Å². The van der Waals surface area contributed by atoms with Crippen molar-refractivity contribution in [2.24, 2.45) is 0 Å². The van der Waals surface area contributed by atoms with Crippen LogP contribution in [-0.4, -0.2) is 57.1 Å². The van der Waals surface area contributed by atoms with Crippen LogP contribution in [0.15, 0.2) is 54.6 Å². The van der Waals surface area contributed by atoms with Crippen LogP contribution in [0.5, 0.6) is 0 Å². The lowest BCUT2D eigenvalue weighted by molar-refractivity contribution is 0.0498. The third kappa shape index (κ3) is 4.42. The zero-order chi connectivity index (χ0) is 18.7. The minimum atomic E-state index is -3.33. The Morgan fingerprint density at radius 1 is 1.04 bits per heavy atom. The number of piperazine rings is 1. The smallest absolute Gasteiger partial charge is 0.254 e. The quantitative estimate of drug-likeness (QED) is 0.892. The Balaban J connectivity index is 1.82. The number of nitrogens with one attached hydrogen (secondary N) is 1. The maximum absolute atomic E-state index is 13.1. The molecule has 1 aliphatic rings. The highest BCUT2D eigenvalue weighted by molar-refractivity contribution is 7.92. The summed E-state index contributed by atoms with van der Waals surface area (Å²) in [5.74, 6) is -0.0436. The van der Waals surface area contributed by atoms with Crippen molar-refractivity contribution in [1.29, 1.82) is 0 Å². The predicted octanol–water partition coefficient (Wildman–Crippen LogP) is 2.19. The summed E-state index contributed by atoms with van der Waals surface area (Å²) in [5, 5.41) is 0. The molecule has 1 N–H and O–H groups in total. The Morgan fingerprint density at radius 2 is 1.69 bits per heavy atom. The number of carbonyl (C=O) groups is 1. The highest BCUT2D eigenvalue weighted by atomic mass is 32.2. The van der Waals surface area contributed by atoms with Crippen molar-refractivity contribution in [3.05, 3.63) is 65.7 Å². The van der Waals surface area contributed by atoms with Gasteiger partial charge in [0.2, 0.25) is 10.0 Å². The van der Waals surface area contributed by atoms with Crippen molar-refractivity contribution >= 4 is 21.6 Å². The summed E-state index contributed by atoms with van der Waals surface area (Å²) >= 11 is 0. The van der Waals surface area contributed by atoms with Crippen molar-refractivity contribution < 1.29 is 13.2 Å². The molecule has 26 heavy (non-hydrogen) atoms. The number of nitrogens with zero attached hydrogens (tertiary/aromatic N) is 2. The number of amides is 1. The predicted molar refractivity (Wildman–Crippen MR) is 103 cm³/mol. The molecule has 1 fully saturated rings. The van der Waals surface area contributed by atoms with Crippen LogP contribution in [0.4, 0.5) is 5.69 Å². The van der Waals surface area contributed by atoms with Gasteiger partial charge in [-0.25, -0.2) is 8.42 Å². The highest BCUT2D eigenvalue weighted by Gasteiger charge is 2.30. The Bertz CT molecular complexity index is 867. The van der Waals surface area contributed by atoms with Gasteiger partial charge in [0.15, 0.2) is 0 Å². The van der Waals surface area contributed by atoms with E-state index in [0.717, 1.165) is 24.9 Å². The van der Waals surface area contributed by atoms with E-state index < -0.39 is 10.0 Å². The average Bonchev–Trinajstić information content (AvgIpc) is 2.61. The molecule has 0 saturated carbocycles. The van der Waals surface area contributed by atoms with Crippen LogP contribution >= 0.6 is 0 Å². The second-order valence-electron chi connectivity index (χ2n) is 6.64. The molecule has 7 heteroatoms. The number of hydrogen-bond acceptors (Lipinski definition) is 4. The van der Waals surface area contributed by atoms with Gasteiger partial charge in [-0.1, -0.05) is 30.3 Å². The summed E-state index contributed by atoms with van der Waals surface area (Å²) in [6, 6.07) is 16.6. The molecule has 1 saturated heterocycles. The van der Waals surface area contributed by atoms with Gasteiger partial charge in [-0.2, -0.15) is 0 Å². The van der Waals surface area contributed by atoms with Crippen molar-refractivity contribution in [3.8, 4) is 0 Å². The number of sulfonamides is 1. The summed E-state index contributed by atoms with van der Waals surface area (Å²) in [6.45, 7) is 2.25. The molecule has 1 heterocycles. The van der Waals surface area contributed by atoms with Gasteiger partial charge < -0.3 is 9.80 Å². The van der Waals surface area contributed by atoms with Gasteiger partial charge in [-0.05, 0) is 36.9 Å². The van der Waals surface area contributed by atoms with Crippen molar-refractivity contribution in [2.75, 3.05) is 37.7 Å². The molecule has 138 valence electrons. The summed E-state index contributed by atoms with van der Waals surface area (Å²) in [4.78, 5) is 17.2. The number of benzene rings is 2. The fourth-order valence-electron chi connectivity index (χ4n) is 3.18. The van der Waals surface area contributed by atoms with Crippen LogP contribution in [0.2, 0.25) is 0 Å². The minimum Gasteiger partial charge on any atom is -0.329 e. The van der Waals surface area contributed by atoms with Crippen molar-refractivity contribution in [3.63, 3.8) is 0 Å². The lowest BCUT2D eigenvalue weighted by Crippen LogP contribution is -2.49. The molecule has 1 aliphatic heterocycles. The van der Waals surface area contributed by atoms with Crippen LogP contribution in [0.1, 0.15) is 22.0 Å².